The molecule has 0 aliphatic carbocycles. The minimum atomic E-state index is -1.79. The van der Waals surface area contributed by atoms with Crippen molar-refractivity contribution in [3.8, 4) is 0 Å². The van der Waals surface area contributed by atoms with Crippen LogP contribution in [0.4, 0.5) is 0 Å². The van der Waals surface area contributed by atoms with Crippen LogP contribution < -0.4 is 0 Å². The van der Waals surface area contributed by atoms with E-state index in [-0.39, 0.29) is 6.56 Å². The van der Waals surface area contributed by atoms with E-state index in [2.05, 4.69) is 11.8 Å². The van der Waals surface area contributed by atoms with Gasteiger partial charge in [-0.1, -0.05) is 0 Å². The van der Waals surface area contributed by atoms with Crippen LogP contribution in [0.5, 0.6) is 0 Å². The van der Waals surface area contributed by atoms with Crippen LogP contribution in [0.3, 0.4) is 0 Å². The maximum Gasteiger partial charge on any atom is 0.217 e. The summed E-state index contributed by atoms with van der Waals surface area (Å²) < 4.78 is 17.1. The molecule has 5 heteroatoms. The second-order valence-electron chi connectivity index (χ2n) is 0.305. The van der Waals surface area contributed by atoms with Crippen molar-refractivity contribution in [2.45, 2.75) is 0 Å². The van der Waals surface area contributed by atoms with E-state index in [1.807, 2.05) is 0 Å². The summed E-state index contributed by atoms with van der Waals surface area (Å²) in [6.45, 7) is 0.108. The molecular weight excluding hydrogens is 127 g/mol. The summed E-state index contributed by atoms with van der Waals surface area (Å²) in [5.41, 5.74) is 0. The van der Waals surface area contributed by atoms with E-state index < -0.39 is 10.7 Å². The van der Waals surface area contributed by atoms with E-state index in [1.165, 1.54) is 0 Å². The maximum atomic E-state index is 9.36. The molecule has 1 N–H and O–H groups in total. The minimum Gasteiger partial charge on any atom is -0.299 e. The standard InChI is InChI=1S/HO2PS2/c1-5(2)3-4/h(H,1,2). The smallest absolute Gasteiger partial charge is 0.217 e. The SMILES string of the molecule is O=S(O)P=S. The summed E-state index contributed by atoms with van der Waals surface area (Å²) in [4.78, 5) is 0. The third-order valence-corrected chi connectivity index (χ3v) is 1.72. The molecule has 0 aromatic carbocycles. The molecule has 0 aromatic rings. The molecule has 0 heterocycles. The van der Waals surface area contributed by atoms with Crippen LogP contribution >= 0.6 is 6.56 Å². The van der Waals surface area contributed by atoms with E-state index in [9.17, 15) is 4.21 Å². The second kappa shape index (κ2) is 2.85. The monoisotopic (exact) mass is 128 g/mol. The lowest BCUT2D eigenvalue weighted by molar-refractivity contribution is 0.581. The minimum absolute atomic E-state index is 0.108. The molecular formula is HO2PS2. The first kappa shape index (κ1) is 5.63. The highest BCUT2D eigenvalue weighted by atomic mass is 32.9. The Labute approximate surface area is 38.5 Å². The van der Waals surface area contributed by atoms with Crippen LogP contribution in [0.25, 0.3) is 0 Å². The maximum absolute atomic E-state index is 9.36. The van der Waals surface area contributed by atoms with Crippen LogP contribution in [0, 0.1) is 0 Å². The highest BCUT2D eigenvalue weighted by Crippen LogP contribution is 1.92. The van der Waals surface area contributed by atoms with Gasteiger partial charge >= 0.3 is 0 Å². The van der Waals surface area contributed by atoms with E-state index >= 15 is 0 Å². The molecule has 0 aliphatic heterocycles. The lowest BCUT2D eigenvalue weighted by atomic mass is 15.9. The lowest BCUT2D eigenvalue weighted by Crippen LogP contribution is -1.61. The average molecular weight is 128 g/mol. The van der Waals surface area contributed by atoms with Gasteiger partial charge in [0.1, 0.15) is 6.56 Å². The Morgan fingerprint density at radius 2 is 2.20 bits per heavy atom. The molecule has 0 rings (SSSR count). The van der Waals surface area contributed by atoms with Gasteiger partial charge in [0.05, 0.1) is 0 Å². The fraction of sp³-hybridized carbons (Fsp3) is 0. The van der Waals surface area contributed by atoms with Crippen molar-refractivity contribution in [3.05, 3.63) is 0 Å². The van der Waals surface area contributed by atoms with Crippen molar-refractivity contribution in [2.75, 3.05) is 0 Å². The first-order valence-electron chi connectivity index (χ1n) is 0.714. The molecule has 30 valence electrons. The molecule has 0 aromatic heterocycles. The van der Waals surface area contributed by atoms with Gasteiger partial charge in [-0.25, -0.2) is 4.21 Å². The van der Waals surface area contributed by atoms with Gasteiger partial charge in [-0.05, 0) is 11.8 Å². The van der Waals surface area contributed by atoms with Crippen molar-refractivity contribution < 1.29 is 8.76 Å². The molecule has 0 amide bonds. The first-order chi connectivity index (χ1) is 2.27. The van der Waals surface area contributed by atoms with E-state index in [4.69, 9.17) is 4.55 Å². The summed E-state index contributed by atoms with van der Waals surface area (Å²) in [6.07, 6.45) is 0. The van der Waals surface area contributed by atoms with Crippen molar-refractivity contribution in [3.63, 3.8) is 0 Å². The largest absolute Gasteiger partial charge is 0.299 e. The molecule has 0 saturated carbocycles. The second-order valence-corrected chi connectivity index (χ2v) is 3.64. The van der Waals surface area contributed by atoms with Crippen molar-refractivity contribution >= 4 is 29.1 Å². The van der Waals surface area contributed by atoms with Gasteiger partial charge in [-0.2, -0.15) is 0 Å². The molecule has 0 fully saturated rings. The zero-order valence-electron chi connectivity index (χ0n) is 2.12. The molecule has 5 heavy (non-hydrogen) atoms. The van der Waals surface area contributed by atoms with Crippen LogP contribution in [-0.2, 0) is 22.5 Å². The highest BCUT2D eigenvalue weighted by molar-refractivity contribution is 8.47. The van der Waals surface area contributed by atoms with Crippen molar-refractivity contribution in [2.24, 2.45) is 0 Å². The summed E-state index contributed by atoms with van der Waals surface area (Å²) in [6, 6.07) is 0. The van der Waals surface area contributed by atoms with E-state index in [0.29, 0.717) is 0 Å². The van der Waals surface area contributed by atoms with Crippen LogP contribution in [-0.4, -0.2) is 8.76 Å². The summed E-state index contributed by atoms with van der Waals surface area (Å²) in [5, 5.41) is 0. The average Bonchev–Trinajstić information content (AvgIpc) is 1.38. The normalized spacial score (nSPS) is 15.4. The fourth-order valence-corrected chi connectivity index (χ4v) is 0. The summed E-state index contributed by atoms with van der Waals surface area (Å²) in [7, 11) is -1.79. The zero-order valence-corrected chi connectivity index (χ0v) is 4.65. The van der Waals surface area contributed by atoms with E-state index in [1.54, 1.807) is 0 Å². The Balaban J connectivity index is 3.20. The zero-order chi connectivity index (χ0) is 4.28. The van der Waals surface area contributed by atoms with Crippen LogP contribution in [0.15, 0.2) is 0 Å². The molecule has 0 radical (unpaired) electrons. The Morgan fingerprint density at radius 3 is 2.20 bits per heavy atom. The van der Waals surface area contributed by atoms with Gasteiger partial charge in [0, 0.05) is 0 Å². The Hall–Kier alpha value is 0.630. The summed E-state index contributed by atoms with van der Waals surface area (Å²) in [5.74, 6) is 0. The van der Waals surface area contributed by atoms with Crippen molar-refractivity contribution in [1.29, 1.82) is 0 Å². The van der Waals surface area contributed by atoms with Crippen LogP contribution in [0.2, 0.25) is 0 Å². The highest BCUT2D eigenvalue weighted by Gasteiger charge is 1.72. The quantitative estimate of drug-likeness (QED) is 0.413. The number of rotatable bonds is 1. The van der Waals surface area contributed by atoms with Gasteiger partial charge in [0.15, 0.2) is 0 Å². The predicted molar refractivity (Wildman–Crippen MR) is 25.1 cm³/mol. The first-order valence-corrected chi connectivity index (χ1v) is 4.33. The molecule has 0 aliphatic rings. The van der Waals surface area contributed by atoms with E-state index in [0.717, 1.165) is 0 Å². The molecule has 0 spiro atoms. The predicted octanol–water partition coefficient (Wildman–Crippen LogP) is 0.531. The third-order valence-electron chi connectivity index (χ3n) is 0.0638. The van der Waals surface area contributed by atoms with Gasteiger partial charge in [0.25, 0.3) is 0 Å². The molecule has 0 bridgehead atoms. The summed E-state index contributed by atoms with van der Waals surface area (Å²) >= 11 is 4.10. The van der Waals surface area contributed by atoms with Gasteiger partial charge in [-0.3, -0.25) is 4.55 Å². The topological polar surface area (TPSA) is 37.3 Å². The Morgan fingerprint density at radius 1 is 2.00 bits per heavy atom. The van der Waals surface area contributed by atoms with Gasteiger partial charge in [-0.15, -0.1) is 0 Å². The van der Waals surface area contributed by atoms with Gasteiger partial charge in [0.2, 0.25) is 10.7 Å². The number of hydrogen-bond acceptors (Lipinski definition) is 2. The van der Waals surface area contributed by atoms with Crippen LogP contribution in [0.1, 0.15) is 0 Å². The Kier molecular flexibility index (Phi) is 3.20. The molecule has 0 saturated heterocycles. The Bertz CT molecular complexity index is 58.7. The molecule has 2 nitrogen and oxygen atoms in total. The van der Waals surface area contributed by atoms with Crippen molar-refractivity contribution in [1.82, 2.24) is 0 Å². The molecule has 1 unspecified atom stereocenters. The third kappa shape index (κ3) is 4.63. The lowest BCUT2D eigenvalue weighted by Gasteiger charge is -1.61. The molecule has 1 atom stereocenters. The van der Waals surface area contributed by atoms with Gasteiger partial charge < -0.3 is 0 Å². The number of hydrogen-bond donors (Lipinski definition) is 1. The fourth-order valence-electron chi connectivity index (χ4n) is 0.